The van der Waals surface area contributed by atoms with Gasteiger partial charge in [0.25, 0.3) is 0 Å². The number of hydrogen-bond donors (Lipinski definition) is 1. The summed E-state index contributed by atoms with van der Waals surface area (Å²) >= 11 is 0. The lowest BCUT2D eigenvalue weighted by molar-refractivity contribution is -0.132. The summed E-state index contributed by atoms with van der Waals surface area (Å²) in [4.78, 5) is 16.0. The Morgan fingerprint density at radius 3 is 2.81 bits per heavy atom. The molecule has 1 heterocycles. The predicted molar refractivity (Wildman–Crippen MR) is 63.1 cm³/mol. The molecule has 1 rings (SSSR count). The highest BCUT2D eigenvalue weighted by Crippen LogP contribution is 2.14. The summed E-state index contributed by atoms with van der Waals surface area (Å²) in [5.74, 6) is 0.0569. The number of rotatable bonds is 5. The Labute approximate surface area is 97.5 Å². The van der Waals surface area contributed by atoms with Crippen LogP contribution in [0.5, 0.6) is 0 Å². The van der Waals surface area contributed by atoms with Gasteiger partial charge >= 0.3 is 0 Å². The number of carbonyl (C=O) groups is 1. The van der Waals surface area contributed by atoms with Crippen molar-refractivity contribution >= 4 is 5.91 Å². The minimum absolute atomic E-state index is 0.0569. The molecule has 0 aromatic heterocycles. The molecule has 5 nitrogen and oxygen atoms in total. The van der Waals surface area contributed by atoms with E-state index in [1.165, 1.54) is 0 Å². The summed E-state index contributed by atoms with van der Waals surface area (Å²) in [6, 6.07) is 0.0550. The summed E-state index contributed by atoms with van der Waals surface area (Å²) in [6.07, 6.45) is 1.63. The summed E-state index contributed by atoms with van der Waals surface area (Å²) in [5.41, 5.74) is 5.82. The van der Waals surface area contributed by atoms with E-state index in [0.717, 1.165) is 19.5 Å². The minimum atomic E-state index is -0.416. The molecule has 2 unspecified atom stereocenters. The van der Waals surface area contributed by atoms with E-state index in [1.54, 1.807) is 7.11 Å². The second-order valence-corrected chi connectivity index (χ2v) is 4.58. The Morgan fingerprint density at radius 2 is 2.31 bits per heavy atom. The van der Waals surface area contributed by atoms with Crippen molar-refractivity contribution in [3.05, 3.63) is 0 Å². The molecule has 16 heavy (non-hydrogen) atoms. The first-order valence-electron chi connectivity index (χ1n) is 5.76. The lowest BCUT2D eigenvalue weighted by Crippen LogP contribution is -2.44. The Bertz CT molecular complexity index is 233. The standard InChI is InChI=1S/C11H23N3O2/c1-13(2)9-4-6-14(8-9)11(15)10(12)5-7-16-3/h9-10H,4-8,12H2,1-3H3. The monoisotopic (exact) mass is 229 g/mol. The van der Waals surface area contributed by atoms with Crippen LogP contribution >= 0.6 is 0 Å². The molecule has 1 aliphatic rings. The highest BCUT2D eigenvalue weighted by Gasteiger charge is 2.29. The van der Waals surface area contributed by atoms with Crippen LogP contribution in [0.25, 0.3) is 0 Å². The Kier molecular flexibility index (Phi) is 5.18. The van der Waals surface area contributed by atoms with Crippen LogP contribution in [0, 0.1) is 0 Å². The van der Waals surface area contributed by atoms with Crippen LogP contribution in [0.2, 0.25) is 0 Å². The molecule has 1 fully saturated rings. The molecule has 2 N–H and O–H groups in total. The van der Waals surface area contributed by atoms with E-state index >= 15 is 0 Å². The van der Waals surface area contributed by atoms with Crippen LogP contribution < -0.4 is 5.73 Å². The van der Waals surface area contributed by atoms with Crippen LogP contribution in [0.1, 0.15) is 12.8 Å². The molecule has 94 valence electrons. The van der Waals surface area contributed by atoms with Gasteiger partial charge in [0.2, 0.25) is 5.91 Å². The van der Waals surface area contributed by atoms with Crippen molar-refractivity contribution in [2.24, 2.45) is 5.73 Å². The van der Waals surface area contributed by atoms with Crippen LogP contribution in [-0.4, -0.2) is 68.7 Å². The van der Waals surface area contributed by atoms with Gasteiger partial charge in [-0.2, -0.15) is 0 Å². The molecule has 1 saturated heterocycles. The third-order valence-corrected chi connectivity index (χ3v) is 3.16. The molecule has 5 heteroatoms. The van der Waals surface area contributed by atoms with Crippen molar-refractivity contribution in [3.8, 4) is 0 Å². The fraction of sp³-hybridized carbons (Fsp3) is 0.909. The van der Waals surface area contributed by atoms with Gasteiger partial charge < -0.3 is 20.3 Å². The predicted octanol–water partition coefficient (Wildman–Crippen LogP) is -0.487. The first-order chi connectivity index (χ1) is 7.56. The third kappa shape index (κ3) is 3.43. The van der Waals surface area contributed by atoms with Crippen molar-refractivity contribution in [2.75, 3.05) is 40.9 Å². The molecule has 0 aromatic rings. The first-order valence-corrected chi connectivity index (χ1v) is 5.76. The van der Waals surface area contributed by atoms with Crippen LogP contribution in [0.15, 0.2) is 0 Å². The van der Waals surface area contributed by atoms with Gasteiger partial charge in [-0.1, -0.05) is 0 Å². The Morgan fingerprint density at radius 1 is 1.62 bits per heavy atom. The van der Waals surface area contributed by atoms with Gasteiger partial charge in [0, 0.05) is 32.8 Å². The van der Waals surface area contributed by atoms with Crippen molar-refractivity contribution in [3.63, 3.8) is 0 Å². The molecular formula is C11H23N3O2. The molecule has 0 aromatic carbocycles. The molecule has 2 atom stereocenters. The van der Waals surface area contributed by atoms with Crippen LogP contribution in [0.4, 0.5) is 0 Å². The van der Waals surface area contributed by atoms with Crippen molar-refractivity contribution in [1.82, 2.24) is 9.80 Å². The van der Waals surface area contributed by atoms with E-state index < -0.39 is 6.04 Å². The Balaban J connectivity index is 2.38. The van der Waals surface area contributed by atoms with Crippen molar-refractivity contribution in [1.29, 1.82) is 0 Å². The average molecular weight is 229 g/mol. The molecule has 0 radical (unpaired) electrons. The normalized spacial score (nSPS) is 22.8. The fourth-order valence-electron chi connectivity index (χ4n) is 1.97. The molecule has 0 bridgehead atoms. The number of likely N-dealkylation sites (N-methyl/N-ethyl adjacent to an activating group) is 1. The number of amides is 1. The number of likely N-dealkylation sites (tertiary alicyclic amines) is 1. The smallest absolute Gasteiger partial charge is 0.239 e. The summed E-state index contributed by atoms with van der Waals surface area (Å²) < 4.78 is 4.93. The lowest BCUT2D eigenvalue weighted by Gasteiger charge is -2.22. The summed E-state index contributed by atoms with van der Waals surface area (Å²) in [7, 11) is 5.71. The molecule has 0 aliphatic carbocycles. The van der Waals surface area contributed by atoms with Gasteiger partial charge in [-0.3, -0.25) is 4.79 Å². The minimum Gasteiger partial charge on any atom is -0.385 e. The Hall–Kier alpha value is -0.650. The van der Waals surface area contributed by atoms with Crippen molar-refractivity contribution < 1.29 is 9.53 Å². The second kappa shape index (κ2) is 6.18. The number of ether oxygens (including phenoxy) is 1. The number of methoxy groups -OCH3 is 1. The molecule has 0 saturated carbocycles. The number of nitrogens with two attached hydrogens (primary N) is 1. The first kappa shape index (κ1) is 13.4. The molecular weight excluding hydrogens is 206 g/mol. The topological polar surface area (TPSA) is 58.8 Å². The second-order valence-electron chi connectivity index (χ2n) is 4.58. The zero-order valence-corrected chi connectivity index (χ0v) is 10.5. The maximum absolute atomic E-state index is 11.9. The highest BCUT2D eigenvalue weighted by molar-refractivity contribution is 5.81. The molecule has 1 aliphatic heterocycles. The highest BCUT2D eigenvalue weighted by atomic mass is 16.5. The van der Waals surface area contributed by atoms with Gasteiger partial charge in [0.15, 0.2) is 0 Å². The van der Waals surface area contributed by atoms with E-state index in [2.05, 4.69) is 4.90 Å². The number of nitrogens with zero attached hydrogens (tertiary/aromatic N) is 2. The lowest BCUT2D eigenvalue weighted by atomic mass is 10.2. The van der Waals surface area contributed by atoms with E-state index in [4.69, 9.17) is 10.5 Å². The third-order valence-electron chi connectivity index (χ3n) is 3.16. The van der Waals surface area contributed by atoms with E-state index in [9.17, 15) is 4.79 Å². The average Bonchev–Trinajstić information content (AvgIpc) is 2.74. The SMILES string of the molecule is COCCC(N)C(=O)N1CCC(N(C)C)C1. The number of carbonyl (C=O) groups excluding carboxylic acids is 1. The zero-order chi connectivity index (χ0) is 12.1. The molecule has 0 spiro atoms. The van der Waals surface area contributed by atoms with Gasteiger partial charge in [-0.15, -0.1) is 0 Å². The molecule has 1 amide bonds. The van der Waals surface area contributed by atoms with Crippen molar-refractivity contribution in [2.45, 2.75) is 24.9 Å². The van der Waals surface area contributed by atoms with E-state index in [1.807, 2.05) is 19.0 Å². The van der Waals surface area contributed by atoms with Gasteiger partial charge in [-0.05, 0) is 26.9 Å². The zero-order valence-electron chi connectivity index (χ0n) is 10.5. The van der Waals surface area contributed by atoms with Gasteiger partial charge in [0.1, 0.15) is 0 Å². The van der Waals surface area contributed by atoms with Crippen LogP contribution in [-0.2, 0) is 9.53 Å². The summed E-state index contributed by atoms with van der Waals surface area (Å²) in [5, 5.41) is 0. The maximum Gasteiger partial charge on any atom is 0.239 e. The maximum atomic E-state index is 11.9. The quantitative estimate of drug-likeness (QED) is 0.691. The fourth-order valence-corrected chi connectivity index (χ4v) is 1.97. The number of hydrogen-bond acceptors (Lipinski definition) is 4. The summed E-state index contributed by atoms with van der Waals surface area (Å²) in [6.45, 7) is 2.16. The van der Waals surface area contributed by atoms with E-state index in [0.29, 0.717) is 19.1 Å². The van der Waals surface area contributed by atoms with Gasteiger partial charge in [-0.25, -0.2) is 0 Å². The van der Waals surface area contributed by atoms with Gasteiger partial charge in [0.05, 0.1) is 6.04 Å². The largest absolute Gasteiger partial charge is 0.385 e. The van der Waals surface area contributed by atoms with E-state index in [-0.39, 0.29) is 5.91 Å². The van der Waals surface area contributed by atoms with Crippen LogP contribution in [0.3, 0.4) is 0 Å².